The second-order valence-electron chi connectivity index (χ2n) is 4.46. The van der Waals surface area contributed by atoms with Gasteiger partial charge in [-0.05, 0) is 24.1 Å². The number of ether oxygens (including phenoxy) is 2. The molecule has 0 radical (unpaired) electrons. The van der Waals surface area contributed by atoms with Crippen molar-refractivity contribution in [2.24, 2.45) is 5.92 Å². The van der Waals surface area contributed by atoms with Gasteiger partial charge >= 0.3 is 0 Å². The molecule has 1 aromatic rings. The van der Waals surface area contributed by atoms with Gasteiger partial charge in [0.15, 0.2) is 11.5 Å². The molecule has 0 aliphatic heterocycles. The summed E-state index contributed by atoms with van der Waals surface area (Å²) in [7, 11) is 3.13. The molecule has 0 fully saturated rings. The predicted molar refractivity (Wildman–Crippen MR) is 76.0 cm³/mol. The Morgan fingerprint density at radius 3 is 2.32 bits per heavy atom. The molecule has 0 unspecified atom stereocenters. The van der Waals surface area contributed by atoms with Gasteiger partial charge in [-0.1, -0.05) is 26.7 Å². The van der Waals surface area contributed by atoms with Gasteiger partial charge in [0.2, 0.25) is 0 Å². The fourth-order valence-corrected chi connectivity index (χ4v) is 1.89. The lowest BCUT2D eigenvalue weighted by atomic mass is 10.0. The second kappa shape index (κ2) is 7.67. The van der Waals surface area contributed by atoms with E-state index in [4.69, 9.17) is 9.47 Å². The highest BCUT2D eigenvalue weighted by Crippen LogP contribution is 2.27. The molecule has 0 atom stereocenters. The number of rotatable bonds is 7. The molecule has 4 nitrogen and oxygen atoms in total. The molecule has 0 aliphatic rings. The van der Waals surface area contributed by atoms with E-state index in [0.29, 0.717) is 29.5 Å². The van der Waals surface area contributed by atoms with Crippen molar-refractivity contribution < 1.29 is 14.3 Å². The summed E-state index contributed by atoms with van der Waals surface area (Å²) in [6.45, 7) is 4.98. The lowest BCUT2D eigenvalue weighted by molar-refractivity contribution is 0.0946. The van der Waals surface area contributed by atoms with E-state index in [2.05, 4.69) is 19.2 Å². The van der Waals surface area contributed by atoms with Crippen LogP contribution >= 0.6 is 0 Å². The summed E-state index contributed by atoms with van der Waals surface area (Å²) in [5, 5.41) is 2.95. The van der Waals surface area contributed by atoms with Crippen LogP contribution in [0.3, 0.4) is 0 Å². The number of hydrogen-bond donors (Lipinski definition) is 1. The van der Waals surface area contributed by atoms with E-state index in [-0.39, 0.29) is 5.91 Å². The van der Waals surface area contributed by atoms with Crippen molar-refractivity contribution in [3.05, 3.63) is 23.8 Å². The van der Waals surface area contributed by atoms with Gasteiger partial charge in [-0.15, -0.1) is 0 Å². The third kappa shape index (κ3) is 4.16. The fourth-order valence-electron chi connectivity index (χ4n) is 1.89. The van der Waals surface area contributed by atoms with Crippen LogP contribution in [0.5, 0.6) is 11.5 Å². The summed E-state index contributed by atoms with van der Waals surface area (Å²) >= 11 is 0. The minimum Gasteiger partial charge on any atom is -0.493 e. The zero-order valence-corrected chi connectivity index (χ0v) is 12.2. The maximum absolute atomic E-state index is 12.0. The molecule has 0 bridgehead atoms. The molecular weight excluding hydrogens is 242 g/mol. The quantitative estimate of drug-likeness (QED) is 0.824. The van der Waals surface area contributed by atoms with Crippen LogP contribution in [0.15, 0.2) is 18.2 Å². The molecule has 19 heavy (non-hydrogen) atoms. The zero-order valence-electron chi connectivity index (χ0n) is 12.2. The van der Waals surface area contributed by atoms with Crippen molar-refractivity contribution >= 4 is 5.91 Å². The second-order valence-corrected chi connectivity index (χ2v) is 4.46. The van der Waals surface area contributed by atoms with Crippen LogP contribution in [0.2, 0.25) is 0 Å². The molecule has 0 saturated heterocycles. The molecule has 0 spiro atoms. The maximum Gasteiger partial charge on any atom is 0.251 e. The number of nitrogens with one attached hydrogen (secondary N) is 1. The molecule has 106 valence electrons. The Bertz CT molecular complexity index is 414. The summed E-state index contributed by atoms with van der Waals surface area (Å²) in [6.07, 6.45) is 2.14. The highest BCUT2D eigenvalue weighted by molar-refractivity contribution is 5.94. The van der Waals surface area contributed by atoms with Gasteiger partial charge in [-0.2, -0.15) is 0 Å². The summed E-state index contributed by atoms with van der Waals surface area (Å²) < 4.78 is 10.3. The van der Waals surface area contributed by atoms with Gasteiger partial charge in [0, 0.05) is 12.1 Å². The van der Waals surface area contributed by atoms with Crippen LogP contribution < -0.4 is 14.8 Å². The lowest BCUT2D eigenvalue weighted by Gasteiger charge is -2.14. The standard InChI is InChI=1S/C15H23NO3/c1-5-11(6-2)10-16-15(17)12-7-8-13(18-3)14(9-12)19-4/h7-9,11H,5-6,10H2,1-4H3,(H,16,17). The van der Waals surface area contributed by atoms with Crippen LogP contribution in [-0.4, -0.2) is 26.7 Å². The Balaban J connectivity index is 2.72. The third-order valence-electron chi connectivity index (χ3n) is 3.35. The normalized spacial score (nSPS) is 10.4. The van der Waals surface area contributed by atoms with Gasteiger partial charge < -0.3 is 14.8 Å². The minimum atomic E-state index is -0.0761. The van der Waals surface area contributed by atoms with E-state index in [1.165, 1.54) is 0 Å². The van der Waals surface area contributed by atoms with E-state index in [1.54, 1.807) is 32.4 Å². The van der Waals surface area contributed by atoms with Crippen molar-refractivity contribution in [2.45, 2.75) is 26.7 Å². The lowest BCUT2D eigenvalue weighted by Crippen LogP contribution is -2.28. The smallest absolute Gasteiger partial charge is 0.251 e. The molecule has 1 amide bonds. The number of hydrogen-bond acceptors (Lipinski definition) is 3. The first-order valence-corrected chi connectivity index (χ1v) is 6.66. The van der Waals surface area contributed by atoms with E-state index >= 15 is 0 Å². The Kier molecular flexibility index (Phi) is 6.19. The average molecular weight is 265 g/mol. The third-order valence-corrected chi connectivity index (χ3v) is 3.35. The Morgan fingerprint density at radius 1 is 1.16 bits per heavy atom. The summed E-state index contributed by atoms with van der Waals surface area (Å²) in [6, 6.07) is 5.18. The van der Waals surface area contributed by atoms with E-state index in [0.717, 1.165) is 12.8 Å². The molecular formula is C15H23NO3. The van der Waals surface area contributed by atoms with Crippen LogP contribution in [0, 0.1) is 5.92 Å². The van der Waals surface area contributed by atoms with Gasteiger partial charge in [0.1, 0.15) is 0 Å². The van der Waals surface area contributed by atoms with Crippen molar-refractivity contribution in [3.63, 3.8) is 0 Å². The molecule has 1 rings (SSSR count). The highest BCUT2D eigenvalue weighted by Gasteiger charge is 2.11. The first-order chi connectivity index (χ1) is 9.15. The summed E-state index contributed by atoms with van der Waals surface area (Å²) in [4.78, 5) is 12.0. The van der Waals surface area contributed by atoms with Gasteiger partial charge in [-0.3, -0.25) is 4.79 Å². The first-order valence-electron chi connectivity index (χ1n) is 6.66. The topological polar surface area (TPSA) is 47.6 Å². The maximum atomic E-state index is 12.0. The van der Waals surface area contributed by atoms with E-state index < -0.39 is 0 Å². The highest BCUT2D eigenvalue weighted by atomic mass is 16.5. The van der Waals surface area contributed by atoms with E-state index in [1.807, 2.05) is 0 Å². The monoisotopic (exact) mass is 265 g/mol. The fraction of sp³-hybridized carbons (Fsp3) is 0.533. The van der Waals surface area contributed by atoms with Crippen molar-refractivity contribution in [1.82, 2.24) is 5.32 Å². The van der Waals surface area contributed by atoms with Gasteiger partial charge in [0.05, 0.1) is 14.2 Å². The van der Waals surface area contributed by atoms with Crippen LogP contribution in [0.25, 0.3) is 0 Å². The Labute approximate surface area is 115 Å². The molecule has 0 heterocycles. The summed E-state index contributed by atoms with van der Waals surface area (Å²) in [5.41, 5.74) is 0.587. The number of methoxy groups -OCH3 is 2. The van der Waals surface area contributed by atoms with Gasteiger partial charge in [-0.25, -0.2) is 0 Å². The van der Waals surface area contributed by atoms with E-state index in [9.17, 15) is 4.79 Å². The predicted octanol–water partition coefficient (Wildman–Crippen LogP) is 2.87. The Hall–Kier alpha value is -1.71. The molecule has 0 saturated carbocycles. The largest absolute Gasteiger partial charge is 0.493 e. The number of benzene rings is 1. The molecule has 1 aromatic carbocycles. The number of carbonyl (C=O) groups excluding carboxylic acids is 1. The molecule has 0 aliphatic carbocycles. The van der Waals surface area contributed by atoms with Crippen molar-refractivity contribution in [2.75, 3.05) is 20.8 Å². The average Bonchev–Trinajstić information content (AvgIpc) is 2.47. The molecule has 4 heteroatoms. The number of carbonyl (C=O) groups is 1. The molecule has 1 N–H and O–H groups in total. The van der Waals surface area contributed by atoms with Crippen LogP contribution in [-0.2, 0) is 0 Å². The minimum absolute atomic E-state index is 0.0761. The Morgan fingerprint density at radius 2 is 1.79 bits per heavy atom. The van der Waals surface area contributed by atoms with Gasteiger partial charge in [0.25, 0.3) is 5.91 Å². The number of amides is 1. The summed E-state index contributed by atoms with van der Waals surface area (Å²) in [5.74, 6) is 1.65. The molecule has 0 aromatic heterocycles. The van der Waals surface area contributed by atoms with Crippen molar-refractivity contribution in [1.29, 1.82) is 0 Å². The van der Waals surface area contributed by atoms with Crippen LogP contribution in [0.1, 0.15) is 37.0 Å². The SMILES string of the molecule is CCC(CC)CNC(=O)c1ccc(OC)c(OC)c1. The van der Waals surface area contributed by atoms with Crippen molar-refractivity contribution in [3.8, 4) is 11.5 Å². The zero-order chi connectivity index (χ0) is 14.3. The first kappa shape index (κ1) is 15.3. The van der Waals surface area contributed by atoms with Crippen LogP contribution in [0.4, 0.5) is 0 Å².